The molecule has 0 amide bonds. The molecule has 1 heterocycles. The minimum atomic E-state index is 0.517. The molecule has 1 unspecified atom stereocenters. The Bertz CT molecular complexity index is 470. The maximum absolute atomic E-state index is 3.59. The molecule has 1 nitrogen and oxygen atoms in total. The van der Waals surface area contributed by atoms with Gasteiger partial charge >= 0.3 is 0 Å². The van der Waals surface area contributed by atoms with E-state index in [9.17, 15) is 0 Å². The molecular weight excluding hydrogens is 250 g/mol. The highest BCUT2D eigenvalue weighted by molar-refractivity contribution is 7.09. The van der Waals surface area contributed by atoms with Crippen LogP contribution < -0.4 is 5.32 Å². The molecule has 1 N–H and O–H groups in total. The molecule has 0 fully saturated rings. The molecule has 0 spiro atoms. The van der Waals surface area contributed by atoms with Crippen LogP contribution in [0.4, 0.5) is 0 Å². The molecule has 0 saturated heterocycles. The molecule has 1 aromatic carbocycles. The van der Waals surface area contributed by atoms with Crippen molar-refractivity contribution < 1.29 is 0 Å². The van der Waals surface area contributed by atoms with Crippen molar-refractivity contribution in [1.82, 2.24) is 5.32 Å². The molecule has 2 heteroatoms. The summed E-state index contributed by atoms with van der Waals surface area (Å²) in [7, 11) is 0. The van der Waals surface area contributed by atoms with E-state index in [-0.39, 0.29) is 0 Å². The summed E-state index contributed by atoms with van der Waals surface area (Å²) in [6, 6.07) is 13.8. The van der Waals surface area contributed by atoms with Gasteiger partial charge in [0.2, 0.25) is 0 Å². The third kappa shape index (κ3) is 4.48. The normalized spacial score (nSPS) is 12.8. The third-order valence-electron chi connectivity index (χ3n) is 3.39. The first-order valence-corrected chi connectivity index (χ1v) is 7.87. The van der Waals surface area contributed by atoms with Crippen molar-refractivity contribution >= 4 is 11.3 Å². The van der Waals surface area contributed by atoms with Crippen LogP contribution in [0.5, 0.6) is 0 Å². The Hall–Kier alpha value is -1.12. The van der Waals surface area contributed by atoms with E-state index < -0.39 is 0 Å². The van der Waals surface area contributed by atoms with Gasteiger partial charge < -0.3 is 5.32 Å². The largest absolute Gasteiger partial charge is 0.310 e. The van der Waals surface area contributed by atoms with E-state index >= 15 is 0 Å². The lowest BCUT2D eigenvalue weighted by Crippen LogP contribution is -2.27. The zero-order valence-electron chi connectivity index (χ0n) is 12.0. The van der Waals surface area contributed by atoms with E-state index in [0.29, 0.717) is 12.0 Å². The number of hydrogen-bond acceptors (Lipinski definition) is 2. The van der Waals surface area contributed by atoms with Gasteiger partial charge in [-0.05, 0) is 41.8 Å². The van der Waals surface area contributed by atoms with Gasteiger partial charge in [-0.3, -0.25) is 0 Å². The molecule has 2 aromatic rings. The van der Waals surface area contributed by atoms with Gasteiger partial charge in [-0.25, -0.2) is 0 Å². The lowest BCUT2D eigenvalue weighted by molar-refractivity contribution is 0.548. The average Bonchev–Trinajstić information content (AvgIpc) is 2.89. The summed E-state index contributed by atoms with van der Waals surface area (Å²) in [6.45, 7) is 7.67. The molecule has 0 aliphatic heterocycles. The van der Waals surface area contributed by atoms with Crippen molar-refractivity contribution in [2.24, 2.45) is 0 Å². The summed E-state index contributed by atoms with van der Waals surface area (Å²) in [5.41, 5.74) is 2.78. The number of benzene rings is 1. The molecule has 2 rings (SSSR count). The summed E-state index contributed by atoms with van der Waals surface area (Å²) in [4.78, 5) is 1.45. The van der Waals surface area contributed by atoms with Crippen molar-refractivity contribution in [1.29, 1.82) is 0 Å². The van der Waals surface area contributed by atoms with E-state index in [0.717, 1.165) is 13.0 Å². The van der Waals surface area contributed by atoms with Crippen LogP contribution in [0.1, 0.15) is 42.7 Å². The van der Waals surface area contributed by atoms with Crippen LogP contribution in [0.2, 0.25) is 0 Å². The molecule has 0 bridgehead atoms. The maximum Gasteiger partial charge on any atom is 0.0208 e. The van der Waals surface area contributed by atoms with E-state index in [1.807, 2.05) is 11.3 Å². The van der Waals surface area contributed by atoms with Crippen LogP contribution in [-0.4, -0.2) is 6.04 Å². The minimum absolute atomic E-state index is 0.517. The molecule has 1 aromatic heterocycles. The van der Waals surface area contributed by atoms with Crippen molar-refractivity contribution in [2.75, 3.05) is 0 Å². The van der Waals surface area contributed by atoms with Crippen LogP contribution in [0.3, 0.4) is 0 Å². The standard InChI is InChI=1S/C17H23NS/c1-13(2)16-8-6-15(7-9-16)12-18-14(3)11-17-5-4-10-19-17/h4-10,13-14,18H,11-12H2,1-3H3. The number of thiophene rings is 1. The topological polar surface area (TPSA) is 12.0 Å². The Morgan fingerprint density at radius 1 is 1.05 bits per heavy atom. The van der Waals surface area contributed by atoms with E-state index in [2.05, 4.69) is 67.9 Å². The van der Waals surface area contributed by atoms with E-state index in [1.165, 1.54) is 16.0 Å². The van der Waals surface area contributed by atoms with Gasteiger partial charge in [-0.1, -0.05) is 44.2 Å². The SMILES string of the molecule is CC(Cc1cccs1)NCc1ccc(C(C)C)cc1. The highest BCUT2D eigenvalue weighted by atomic mass is 32.1. The summed E-state index contributed by atoms with van der Waals surface area (Å²) in [5, 5.41) is 5.74. The molecule has 0 aliphatic carbocycles. The second kappa shape index (κ2) is 6.88. The fourth-order valence-corrected chi connectivity index (χ4v) is 2.95. The first-order chi connectivity index (χ1) is 9.15. The van der Waals surface area contributed by atoms with Crippen LogP contribution in [0.15, 0.2) is 41.8 Å². The Labute approximate surface area is 120 Å². The zero-order valence-corrected chi connectivity index (χ0v) is 12.8. The quantitative estimate of drug-likeness (QED) is 0.811. The Kier molecular flexibility index (Phi) is 5.17. The highest BCUT2D eigenvalue weighted by Crippen LogP contribution is 2.15. The number of nitrogens with one attached hydrogen (secondary N) is 1. The zero-order chi connectivity index (χ0) is 13.7. The molecule has 1 atom stereocenters. The second-order valence-electron chi connectivity index (χ2n) is 5.46. The Morgan fingerprint density at radius 2 is 1.79 bits per heavy atom. The highest BCUT2D eigenvalue weighted by Gasteiger charge is 2.04. The predicted molar refractivity (Wildman–Crippen MR) is 84.9 cm³/mol. The van der Waals surface area contributed by atoms with E-state index in [1.54, 1.807) is 0 Å². The molecule has 19 heavy (non-hydrogen) atoms. The molecular formula is C17H23NS. The minimum Gasteiger partial charge on any atom is -0.310 e. The van der Waals surface area contributed by atoms with Gasteiger partial charge in [0.05, 0.1) is 0 Å². The summed E-state index contributed by atoms with van der Waals surface area (Å²) >= 11 is 1.84. The third-order valence-corrected chi connectivity index (χ3v) is 4.29. The fraction of sp³-hybridized carbons (Fsp3) is 0.412. The maximum atomic E-state index is 3.59. The molecule has 0 radical (unpaired) electrons. The summed E-state index contributed by atoms with van der Waals surface area (Å²) in [6.07, 6.45) is 1.11. The van der Waals surface area contributed by atoms with Gasteiger partial charge in [0.25, 0.3) is 0 Å². The average molecular weight is 273 g/mol. The van der Waals surface area contributed by atoms with Crippen molar-refractivity contribution in [3.8, 4) is 0 Å². The number of rotatable bonds is 6. The van der Waals surface area contributed by atoms with Gasteiger partial charge in [0, 0.05) is 17.5 Å². The molecule has 102 valence electrons. The van der Waals surface area contributed by atoms with Crippen LogP contribution >= 0.6 is 11.3 Å². The van der Waals surface area contributed by atoms with Gasteiger partial charge in [0.1, 0.15) is 0 Å². The van der Waals surface area contributed by atoms with Crippen LogP contribution in [0.25, 0.3) is 0 Å². The molecule has 0 aliphatic rings. The monoisotopic (exact) mass is 273 g/mol. The van der Waals surface area contributed by atoms with Crippen LogP contribution in [-0.2, 0) is 13.0 Å². The van der Waals surface area contributed by atoms with Gasteiger partial charge in [0.15, 0.2) is 0 Å². The van der Waals surface area contributed by atoms with Crippen molar-refractivity contribution in [3.05, 3.63) is 57.8 Å². The van der Waals surface area contributed by atoms with E-state index in [4.69, 9.17) is 0 Å². The Morgan fingerprint density at radius 3 is 2.37 bits per heavy atom. The summed E-state index contributed by atoms with van der Waals surface area (Å²) in [5.74, 6) is 0.611. The lowest BCUT2D eigenvalue weighted by atomic mass is 10.0. The number of hydrogen-bond donors (Lipinski definition) is 1. The van der Waals surface area contributed by atoms with Crippen molar-refractivity contribution in [3.63, 3.8) is 0 Å². The van der Waals surface area contributed by atoms with Gasteiger partial charge in [-0.15, -0.1) is 11.3 Å². The van der Waals surface area contributed by atoms with Crippen molar-refractivity contribution in [2.45, 2.75) is 45.7 Å². The summed E-state index contributed by atoms with van der Waals surface area (Å²) < 4.78 is 0. The van der Waals surface area contributed by atoms with Gasteiger partial charge in [-0.2, -0.15) is 0 Å². The first kappa shape index (κ1) is 14.3. The predicted octanol–water partition coefficient (Wildman–Crippen LogP) is 4.59. The smallest absolute Gasteiger partial charge is 0.0208 e. The van der Waals surface area contributed by atoms with Crippen LogP contribution in [0, 0.1) is 0 Å². The Balaban J connectivity index is 1.81. The second-order valence-corrected chi connectivity index (χ2v) is 6.49. The first-order valence-electron chi connectivity index (χ1n) is 6.99. The molecule has 0 saturated carbocycles. The fourth-order valence-electron chi connectivity index (χ4n) is 2.12. The lowest BCUT2D eigenvalue weighted by Gasteiger charge is -2.13.